The van der Waals surface area contributed by atoms with Crippen molar-refractivity contribution in [2.24, 2.45) is 0 Å². The van der Waals surface area contributed by atoms with E-state index < -0.39 is 0 Å². The average molecular weight is 318 g/mol. The molecule has 102 valence electrons. The lowest BCUT2D eigenvalue weighted by Gasteiger charge is -2.16. The fourth-order valence-electron chi connectivity index (χ4n) is 1.70. The van der Waals surface area contributed by atoms with Gasteiger partial charge < -0.3 is 10.1 Å². The van der Waals surface area contributed by atoms with Crippen LogP contribution in [-0.4, -0.2) is 19.8 Å². The molecule has 0 aliphatic rings. The van der Waals surface area contributed by atoms with Crippen LogP contribution in [0.5, 0.6) is 0 Å². The summed E-state index contributed by atoms with van der Waals surface area (Å²) in [4.78, 5) is 0. The molecule has 0 radical (unpaired) electrons. The second kappa shape index (κ2) is 8.62. The highest BCUT2D eigenvalue weighted by Crippen LogP contribution is 2.23. The van der Waals surface area contributed by atoms with Crippen LogP contribution in [-0.2, 0) is 4.74 Å². The number of halogens is 2. The van der Waals surface area contributed by atoms with Crippen LogP contribution in [0.25, 0.3) is 0 Å². The molecule has 0 fully saturated rings. The van der Waals surface area contributed by atoms with Gasteiger partial charge in [-0.1, -0.05) is 28.9 Å². The smallest absolute Gasteiger partial charge is 0.124 e. The Labute approximate surface area is 117 Å². The molecule has 2 nitrogen and oxygen atoms in total. The van der Waals surface area contributed by atoms with Gasteiger partial charge in [0.1, 0.15) is 5.82 Å². The maximum atomic E-state index is 13.0. The number of nitrogens with one attached hydrogen (secondary N) is 1. The minimum Gasteiger partial charge on any atom is -0.381 e. The van der Waals surface area contributed by atoms with Gasteiger partial charge in [-0.05, 0) is 44.0 Å². The summed E-state index contributed by atoms with van der Waals surface area (Å²) < 4.78 is 19.2. The second-order valence-electron chi connectivity index (χ2n) is 4.31. The van der Waals surface area contributed by atoms with E-state index in [4.69, 9.17) is 4.74 Å². The van der Waals surface area contributed by atoms with E-state index in [1.807, 2.05) is 6.07 Å². The van der Waals surface area contributed by atoms with E-state index in [-0.39, 0.29) is 11.9 Å². The highest BCUT2D eigenvalue weighted by Gasteiger charge is 2.09. The lowest BCUT2D eigenvalue weighted by Crippen LogP contribution is -2.21. The number of benzene rings is 1. The Morgan fingerprint density at radius 1 is 1.39 bits per heavy atom. The molecule has 0 bridgehead atoms. The molecule has 1 atom stereocenters. The highest BCUT2D eigenvalue weighted by molar-refractivity contribution is 9.10. The van der Waals surface area contributed by atoms with Gasteiger partial charge in [0.2, 0.25) is 0 Å². The van der Waals surface area contributed by atoms with E-state index in [0.29, 0.717) is 0 Å². The van der Waals surface area contributed by atoms with Gasteiger partial charge >= 0.3 is 0 Å². The van der Waals surface area contributed by atoms with Gasteiger partial charge in [-0.3, -0.25) is 0 Å². The summed E-state index contributed by atoms with van der Waals surface area (Å²) in [7, 11) is 0. The Kier molecular flexibility index (Phi) is 7.47. The summed E-state index contributed by atoms with van der Waals surface area (Å²) >= 11 is 3.39. The largest absolute Gasteiger partial charge is 0.381 e. The number of hydrogen-bond donors (Lipinski definition) is 1. The average Bonchev–Trinajstić information content (AvgIpc) is 2.33. The van der Waals surface area contributed by atoms with Crippen molar-refractivity contribution in [1.82, 2.24) is 5.32 Å². The maximum Gasteiger partial charge on any atom is 0.124 e. The summed E-state index contributed by atoms with van der Waals surface area (Å²) in [6, 6.07) is 5.00. The molecule has 0 aromatic heterocycles. The SMILES string of the molecule is CCCOCCCNC(C)c1ccc(F)cc1Br. The van der Waals surface area contributed by atoms with Gasteiger partial charge in [-0.25, -0.2) is 4.39 Å². The van der Waals surface area contributed by atoms with Crippen LogP contribution in [0.2, 0.25) is 0 Å². The van der Waals surface area contributed by atoms with Gasteiger partial charge in [0.05, 0.1) is 0 Å². The van der Waals surface area contributed by atoms with Crippen molar-refractivity contribution in [1.29, 1.82) is 0 Å². The molecule has 1 unspecified atom stereocenters. The number of hydrogen-bond acceptors (Lipinski definition) is 2. The van der Waals surface area contributed by atoms with Gasteiger partial charge in [0.25, 0.3) is 0 Å². The van der Waals surface area contributed by atoms with E-state index in [9.17, 15) is 4.39 Å². The molecule has 1 aromatic carbocycles. The first-order valence-electron chi connectivity index (χ1n) is 6.41. The zero-order chi connectivity index (χ0) is 13.4. The van der Waals surface area contributed by atoms with Crippen LogP contribution in [0.1, 0.15) is 38.3 Å². The summed E-state index contributed by atoms with van der Waals surface area (Å²) in [5.41, 5.74) is 1.07. The van der Waals surface area contributed by atoms with Gasteiger partial charge in [0.15, 0.2) is 0 Å². The third-order valence-corrected chi connectivity index (χ3v) is 3.38. The van der Waals surface area contributed by atoms with Crippen LogP contribution in [0.15, 0.2) is 22.7 Å². The third-order valence-electron chi connectivity index (χ3n) is 2.69. The maximum absolute atomic E-state index is 13.0. The van der Waals surface area contributed by atoms with Crippen LogP contribution in [0.4, 0.5) is 4.39 Å². The third kappa shape index (κ3) is 5.46. The molecule has 1 aromatic rings. The van der Waals surface area contributed by atoms with Crippen LogP contribution in [0.3, 0.4) is 0 Å². The number of rotatable bonds is 8. The van der Waals surface area contributed by atoms with Crippen molar-refractivity contribution in [3.05, 3.63) is 34.1 Å². The van der Waals surface area contributed by atoms with Crippen molar-refractivity contribution in [3.8, 4) is 0 Å². The quantitative estimate of drug-likeness (QED) is 0.730. The normalized spacial score (nSPS) is 12.7. The Balaban J connectivity index is 2.29. The predicted molar refractivity (Wildman–Crippen MR) is 76.2 cm³/mol. The first kappa shape index (κ1) is 15.6. The van der Waals surface area contributed by atoms with Crippen LogP contribution >= 0.6 is 15.9 Å². The lowest BCUT2D eigenvalue weighted by molar-refractivity contribution is 0.132. The molecule has 1 rings (SSSR count). The first-order valence-corrected chi connectivity index (χ1v) is 7.20. The van der Waals surface area contributed by atoms with Crippen LogP contribution < -0.4 is 5.32 Å². The van der Waals surface area contributed by atoms with Crippen LogP contribution in [0, 0.1) is 5.82 Å². The molecule has 0 heterocycles. The Morgan fingerprint density at radius 3 is 2.83 bits per heavy atom. The van der Waals surface area contributed by atoms with Crippen molar-refractivity contribution >= 4 is 15.9 Å². The molecule has 0 aliphatic heterocycles. The molecule has 0 saturated carbocycles. The molecular formula is C14H21BrFNO. The molecule has 0 spiro atoms. The Hall–Kier alpha value is -0.450. The Bertz CT molecular complexity index is 360. The topological polar surface area (TPSA) is 21.3 Å². The second-order valence-corrected chi connectivity index (χ2v) is 5.16. The molecule has 4 heteroatoms. The van der Waals surface area contributed by atoms with E-state index in [2.05, 4.69) is 35.1 Å². The summed E-state index contributed by atoms with van der Waals surface area (Å²) in [6.45, 7) is 6.70. The molecule has 1 N–H and O–H groups in total. The standard InChI is InChI=1S/C14H21BrFNO/c1-3-8-18-9-4-7-17-11(2)13-6-5-12(16)10-14(13)15/h5-6,10-11,17H,3-4,7-9H2,1-2H3. The van der Waals surface area contributed by atoms with E-state index in [0.717, 1.165) is 42.6 Å². The summed E-state index contributed by atoms with van der Waals surface area (Å²) in [5.74, 6) is -0.217. The molecule has 0 aliphatic carbocycles. The van der Waals surface area contributed by atoms with Crippen molar-refractivity contribution in [2.45, 2.75) is 32.7 Å². The van der Waals surface area contributed by atoms with E-state index in [1.54, 1.807) is 0 Å². The van der Waals surface area contributed by atoms with E-state index in [1.165, 1.54) is 12.1 Å². The monoisotopic (exact) mass is 317 g/mol. The Morgan fingerprint density at radius 2 is 2.17 bits per heavy atom. The minimum absolute atomic E-state index is 0.200. The van der Waals surface area contributed by atoms with Crippen molar-refractivity contribution in [3.63, 3.8) is 0 Å². The fourth-order valence-corrected chi connectivity index (χ4v) is 2.40. The molecule has 18 heavy (non-hydrogen) atoms. The van der Waals surface area contributed by atoms with Crippen molar-refractivity contribution in [2.75, 3.05) is 19.8 Å². The van der Waals surface area contributed by atoms with Gasteiger partial charge in [-0.15, -0.1) is 0 Å². The van der Waals surface area contributed by atoms with E-state index >= 15 is 0 Å². The summed E-state index contributed by atoms with van der Waals surface area (Å²) in [6.07, 6.45) is 2.05. The van der Waals surface area contributed by atoms with Crippen molar-refractivity contribution < 1.29 is 9.13 Å². The number of ether oxygens (including phenoxy) is 1. The first-order chi connectivity index (χ1) is 8.65. The lowest BCUT2D eigenvalue weighted by atomic mass is 10.1. The predicted octanol–water partition coefficient (Wildman–Crippen LogP) is 4.06. The van der Waals surface area contributed by atoms with Gasteiger partial charge in [0, 0.05) is 23.7 Å². The van der Waals surface area contributed by atoms with Gasteiger partial charge in [-0.2, -0.15) is 0 Å². The minimum atomic E-state index is -0.217. The molecule has 0 saturated heterocycles. The molecular weight excluding hydrogens is 297 g/mol. The molecule has 0 amide bonds. The summed E-state index contributed by atoms with van der Waals surface area (Å²) in [5, 5.41) is 3.40. The zero-order valence-electron chi connectivity index (χ0n) is 11.0. The fraction of sp³-hybridized carbons (Fsp3) is 0.571. The zero-order valence-corrected chi connectivity index (χ0v) is 12.6. The highest BCUT2D eigenvalue weighted by atomic mass is 79.9.